The summed E-state index contributed by atoms with van der Waals surface area (Å²) in [5, 5.41) is 11.0. The maximum Gasteiger partial charge on any atom is 0.314 e. The van der Waals surface area contributed by atoms with Gasteiger partial charge in [0.1, 0.15) is 30.1 Å². The Kier molecular flexibility index (Phi) is 5.77. The van der Waals surface area contributed by atoms with Crippen molar-refractivity contribution in [3.05, 3.63) is 90.5 Å². The number of fused-ring (bicyclic) bond motifs is 3. The quantitative estimate of drug-likeness (QED) is 0.359. The van der Waals surface area contributed by atoms with Crippen LogP contribution in [0.2, 0.25) is 0 Å². The smallest absolute Gasteiger partial charge is 0.314 e. The maximum atomic E-state index is 14.6. The predicted molar refractivity (Wildman–Crippen MR) is 134 cm³/mol. The summed E-state index contributed by atoms with van der Waals surface area (Å²) in [6.45, 7) is 0.808. The second-order valence-corrected chi connectivity index (χ2v) is 9.16. The number of hydrogen-bond acceptors (Lipinski definition) is 6. The van der Waals surface area contributed by atoms with Gasteiger partial charge in [-0.15, -0.1) is 0 Å². The zero-order valence-electron chi connectivity index (χ0n) is 19.8. The third kappa shape index (κ3) is 4.17. The highest BCUT2D eigenvalue weighted by Gasteiger charge is 2.42. The molecule has 1 saturated heterocycles. The molecule has 1 N–H and O–H groups in total. The van der Waals surface area contributed by atoms with Gasteiger partial charge in [0.15, 0.2) is 0 Å². The lowest BCUT2D eigenvalue weighted by Gasteiger charge is -2.33. The molecule has 186 valence electrons. The first-order valence-corrected chi connectivity index (χ1v) is 11.9. The minimum Gasteiger partial charge on any atom is -0.489 e. The van der Waals surface area contributed by atoms with Crippen LogP contribution in [0, 0.1) is 5.82 Å². The van der Waals surface area contributed by atoms with Crippen LogP contribution in [0.5, 0.6) is 5.75 Å². The number of halogens is 1. The number of ether oxygens (including phenoxy) is 2. The van der Waals surface area contributed by atoms with Crippen molar-refractivity contribution in [2.75, 3.05) is 13.2 Å². The molecule has 4 heterocycles. The summed E-state index contributed by atoms with van der Waals surface area (Å²) in [6.07, 6.45) is 9.23. The van der Waals surface area contributed by atoms with Gasteiger partial charge >= 0.3 is 5.97 Å². The zero-order chi connectivity index (χ0) is 25.4. The Morgan fingerprint density at radius 1 is 1.11 bits per heavy atom. The molecule has 1 fully saturated rings. The van der Waals surface area contributed by atoms with E-state index in [1.54, 1.807) is 24.7 Å². The number of nitrogens with zero attached hydrogens (tertiary/aromatic N) is 4. The fraction of sp³-hybridized carbons (Fsp3) is 0.214. The zero-order valence-corrected chi connectivity index (χ0v) is 19.8. The van der Waals surface area contributed by atoms with E-state index in [-0.39, 0.29) is 25.2 Å². The number of imidazole rings is 1. The summed E-state index contributed by atoms with van der Waals surface area (Å²) >= 11 is 0. The Labute approximate surface area is 211 Å². The minimum atomic E-state index is -1.19. The summed E-state index contributed by atoms with van der Waals surface area (Å²) in [4.78, 5) is 24.9. The average molecular weight is 499 g/mol. The van der Waals surface area contributed by atoms with Gasteiger partial charge in [-0.1, -0.05) is 12.1 Å². The van der Waals surface area contributed by atoms with Crippen molar-refractivity contribution in [2.45, 2.75) is 24.9 Å². The molecule has 0 radical (unpaired) electrons. The Bertz CT molecular complexity index is 1610. The van der Waals surface area contributed by atoms with Crippen molar-refractivity contribution in [2.24, 2.45) is 0 Å². The minimum absolute atomic E-state index is 0.177. The molecule has 5 aromatic rings. The predicted octanol–water partition coefficient (Wildman–Crippen LogP) is 4.80. The van der Waals surface area contributed by atoms with E-state index in [2.05, 4.69) is 15.0 Å². The Balaban J connectivity index is 1.34. The summed E-state index contributed by atoms with van der Waals surface area (Å²) < 4.78 is 27.9. The fourth-order valence-electron chi connectivity index (χ4n) is 5.04. The molecule has 1 aliphatic heterocycles. The van der Waals surface area contributed by atoms with Crippen molar-refractivity contribution >= 4 is 22.5 Å². The highest BCUT2D eigenvalue weighted by Crippen LogP contribution is 2.37. The fourth-order valence-corrected chi connectivity index (χ4v) is 5.04. The summed E-state index contributed by atoms with van der Waals surface area (Å²) in [5.74, 6) is -1.23. The van der Waals surface area contributed by atoms with Gasteiger partial charge in [0.2, 0.25) is 0 Å². The largest absolute Gasteiger partial charge is 0.489 e. The molecule has 0 saturated carbocycles. The molecule has 0 unspecified atom stereocenters. The number of carboxylic acid groups (broad SMARTS) is 1. The third-order valence-electron chi connectivity index (χ3n) is 7.01. The van der Waals surface area contributed by atoms with E-state index in [4.69, 9.17) is 9.47 Å². The normalized spacial score (nSPS) is 15.2. The van der Waals surface area contributed by atoms with Crippen LogP contribution in [-0.4, -0.2) is 43.6 Å². The number of aliphatic carboxylic acids is 1. The van der Waals surface area contributed by atoms with Crippen molar-refractivity contribution in [3.63, 3.8) is 0 Å². The van der Waals surface area contributed by atoms with Gasteiger partial charge in [-0.05, 0) is 53.8 Å². The molecule has 8 nitrogen and oxygen atoms in total. The molecule has 0 aliphatic carbocycles. The van der Waals surface area contributed by atoms with Crippen molar-refractivity contribution < 1.29 is 23.8 Å². The average Bonchev–Trinajstić information content (AvgIpc) is 3.41. The van der Waals surface area contributed by atoms with Crippen LogP contribution in [-0.2, 0) is 21.6 Å². The lowest BCUT2D eigenvalue weighted by molar-refractivity contribution is -0.147. The van der Waals surface area contributed by atoms with E-state index in [1.165, 1.54) is 18.5 Å². The summed E-state index contributed by atoms with van der Waals surface area (Å²) in [5.41, 5.74) is 3.64. The number of carboxylic acids is 1. The molecular weight excluding hydrogens is 475 g/mol. The van der Waals surface area contributed by atoms with Gasteiger partial charge in [-0.3, -0.25) is 9.20 Å². The molecule has 1 aliphatic rings. The molecular formula is C28H23FN4O4. The number of rotatable bonds is 6. The van der Waals surface area contributed by atoms with Crippen LogP contribution in [0.4, 0.5) is 4.39 Å². The van der Waals surface area contributed by atoms with Gasteiger partial charge in [0.25, 0.3) is 0 Å². The van der Waals surface area contributed by atoms with E-state index >= 15 is 0 Å². The Morgan fingerprint density at radius 3 is 2.70 bits per heavy atom. The molecule has 9 heteroatoms. The van der Waals surface area contributed by atoms with Crippen LogP contribution < -0.4 is 4.74 Å². The summed E-state index contributed by atoms with van der Waals surface area (Å²) in [7, 11) is 0. The first-order valence-electron chi connectivity index (χ1n) is 11.9. The lowest BCUT2D eigenvalue weighted by Crippen LogP contribution is -2.41. The molecule has 0 bridgehead atoms. The van der Waals surface area contributed by atoms with E-state index in [9.17, 15) is 14.3 Å². The van der Waals surface area contributed by atoms with Crippen LogP contribution in [0.25, 0.3) is 27.7 Å². The number of hydrogen-bond donors (Lipinski definition) is 1. The van der Waals surface area contributed by atoms with E-state index < -0.39 is 17.2 Å². The standard InChI is InChI=1S/C28H23FN4O4/c29-21-10-20(28(27(34)35)3-7-36-8-4-28)11-22(12-21)37-16-18-1-2-23-24(19-14-30-17-31-15-19)13-26-32-5-6-33(26)25(23)9-18/h1-2,5-6,9-15,17H,3-4,7-8,16H2,(H,34,35). The van der Waals surface area contributed by atoms with Gasteiger partial charge < -0.3 is 14.6 Å². The van der Waals surface area contributed by atoms with Gasteiger partial charge in [-0.25, -0.2) is 19.3 Å². The van der Waals surface area contributed by atoms with Crippen LogP contribution in [0.1, 0.15) is 24.0 Å². The number of carbonyl (C=O) groups is 1. The molecule has 0 amide bonds. The summed E-state index contributed by atoms with van der Waals surface area (Å²) in [6, 6.07) is 12.2. The highest BCUT2D eigenvalue weighted by atomic mass is 19.1. The van der Waals surface area contributed by atoms with E-state index in [0.717, 1.165) is 33.2 Å². The van der Waals surface area contributed by atoms with Gasteiger partial charge in [-0.2, -0.15) is 0 Å². The Hall–Kier alpha value is -4.37. The number of benzene rings is 2. The molecule has 3 aromatic heterocycles. The highest BCUT2D eigenvalue weighted by molar-refractivity contribution is 5.97. The topological polar surface area (TPSA) is 98.8 Å². The van der Waals surface area contributed by atoms with Crippen LogP contribution in [0.15, 0.2) is 73.6 Å². The maximum absolute atomic E-state index is 14.6. The molecule has 0 atom stereocenters. The third-order valence-corrected chi connectivity index (χ3v) is 7.01. The van der Waals surface area contributed by atoms with Gasteiger partial charge in [0.05, 0.1) is 10.9 Å². The van der Waals surface area contributed by atoms with Crippen molar-refractivity contribution in [1.82, 2.24) is 19.4 Å². The van der Waals surface area contributed by atoms with Crippen molar-refractivity contribution in [3.8, 4) is 16.9 Å². The number of pyridine rings is 1. The second kappa shape index (κ2) is 9.25. The van der Waals surface area contributed by atoms with Crippen LogP contribution in [0.3, 0.4) is 0 Å². The van der Waals surface area contributed by atoms with E-state index in [1.807, 2.05) is 34.9 Å². The molecule has 6 rings (SSSR count). The monoisotopic (exact) mass is 498 g/mol. The number of aromatic nitrogens is 4. The molecule has 2 aromatic carbocycles. The molecule has 37 heavy (non-hydrogen) atoms. The van der Waals surface area contributed by atoms with Gasteiger partial charge in [0, 0.05) is 55.0 Å². The first-order chi connectivity index (χ1) is 18.0. The lowest BCUT2D eigenvalue weighted by atomic mass is 9.74. The van der Waals surface area contributed by atoms with Crippen LogP contribution >= 0.6 is 0 Å². The first kappa shape index (κ1) is 23.1. The van der Waals surface area contributed by atoms with E-state index in [0.29, 0.717) is 18.8 Å². The Morgan fingerprint density at radius 2 is 1.92 bits per heavy atom. The van der Waals surface area contributed by atoms with Crippen molar-refractivity contribution in [1.29, 1.82) is 0 Å². The molecule has 0 spiro atoms. The second-order valence-electron chi connectivity index (χ2n) is 9.16. The SMILES string of the molecule is O=C(O)C1(c2cc(F)cc(OCc3ccc4c(-c5cncnc5)cc5nccn5c4c3)c2)CCOCC1.